The van der Waals surface area contributed by atoms with Gasteiger partial charge in [0, 0.05) is 19.4 Å². The Bertz CT molecular complexity index is 713. The number of rotatable bonds is 6. The molecule has 2 aromatic carbocycles. The van der Waals surface area contributed by atoms with Crippen molar-refractivity contribution < 1.29 is 14.0 Å². The Morgan fingerprint density at radius 1 is 0.963 bits per heavy atom. The monoisotopic (exact) mass is 382 g/mol. The third-order valence-corrected chi connectivity index (χ3v) is 10.6. The van der Waals surface area contributed by atoms with Crippen LogP contribution in [0.2, 0.25) is 5.04 Å². The molecule has 0 saturated heterocycles. The summed E-state index contributed by atoms with van der Waals surface area (Å²) in [5.74, 6) is 0.0886. The lowest BCUT2D eigenvalue weighted by atomic mass is 9.82. The zero-order valence-corrected chi connectivity index (χ0v) is 17.8. The van der Waals surface area contributed by atoms with Crippen molar-refractivity contribution in [1.29, 1.82) is 0 Å². The molecule has 144 valence electrons. The van der Waals surface area contributed by atoms with E-state index in [0.717, 1.165) is 12.8 Å². The topological polar surface area (TPSA) is 35.5 Å². The molecule has 0 spiro atoms. The Balaban J connectivity index is 1.96. The quantitative estimate of drug-likeness (QED) is 0.561. The van der Waals surface area contributed by atoms with E-state index in [9.17, 15) is 4.79 Å². The van der Waals surface area contributed by atoms with E-state index in [2.05, 4.69) is 81.4 Å². The minimum absolute atomic E-state index is 0.000662. The van der Waals surface area contributed by atoms with Crippen LogP contribution < -0.4 is 10.4 Å². The van der Waals surface area contributed by atoms with Crippen LogP contribution in [-0.4, -0.2) is 27.0 Å². The summed E-state index contributed by atoms with van der Waals surface area (Å²) < 4.78 is 12.4. The molecule has 0 unspecified atom stereocenters. The fourth-order valence-corrected chi connectivity index (χ4v) is 8.71. The molecule has 0 heterocycles. The number of benzene rings is 2. The number of carbonyl (C=O) groups is 1. The summed E-state index contributed by atoms with van der Waals surface area (Å²) in [6, 6.07) is 21.3. The lowest BCUT2D eigenvalue weighted by molar-refractivity contribution is -0.156. The zero-order valence-electron chi connectivity index (χ0n) is 16.8. The summed E-state index contributed by atoms with van der Waals surface area (Å²) in [5, 5.41) is 2.54. The Labute approximate surface area is 163 Å². The number of esters is 1. The number of ether oxygens (including phenoxy) is 1. The van der Waals surface area contributed by atoms with E-state index in [-0.39, 0.29) is 23.0 Å². The normalized spacial score (nSPS) is 20.0. The van der Waals surface area contributed by atoms with Gasteiger partial charge in [0.1, 0.15) is 6.10 Å². The fourth-order valence-electron chi connectivity index (χ4n) is 4.09. The Morgan fingerprint density at radius 2 is 1.48 bits per heavy atom. The van der Waals surface area contributed by atoms with Gasteiger partial charge < -0.3 is 9.16 Å². The minimum Gasteiger partial charge on any atom is -0.462 e. The smallest absolute Gasteiger partial charge is 0.302 e. The maximum Gasteiger partial charge on any atom is 0.302 e. The minimum atomic E-state index is -2.50. The third kappa shape index (κ3) is 4.02. The van der Waals surface area contributed by atoms with E-state index < -0.39 is 8.32 Å². The second-order valence-corrected chi connectivity index (χ2v) is 12.8. The molecule has 0 radical (unpaired) electrons. The van der Waals surface area contributed by atoms with Crippen molar-refractivity contribution in [2.75, 3.05) is 6.61 Å². The lowest BCUT2D eigenvalue weighted by Gasteiger charge is -2.45. The summed E-state index contributed by atoms with van der Waals surface area (Å²) in [7, 11) is -2.50. The van der Waals surface area contributed by atoms with Crippen LogP contribution in [-0.2, 0) is 14.0 Å². The maximum absolute atomic E-state index is 11.3. The first-order chi connectivity index (χ1) is 12.8. The maximum atomic E-state index is 11.3. The highest BCUT2D eigenvalue weighted by atomic mass is 28.4. The second-order valence-electron chi connectivity index (χ2n) is 8.46. The van der Waals surface area contributed by atoms with E-state index in [4.69, 9.17) is 9.16 Å². The van der Waals surface area contributed by atoms with E-state index in [0.29, 0.717) is 6.61 Å². The SMILES string of the molecule is CC(=O)O[C@@H]1CC[C@@H]1CO[Si](c1ccccc1)(c1ccccc1)C(C)(C)C. The highest BCUT2D eigenvalue weighted by Crippen LogP contribution is 2.39. The van der Waals surface area contributed by atoms with E-state index in [1.54, 1.807) is 0 Å². The molecule has 1 fully saturated rings. The van der Waals surface area contributed by atoms with Gasteiger partial charge in [-0.1, -0.05) is 81.4 Å². The van der Waals surface area contributed by atoms with Crippen LogP contribution in [0.15, 0.2) is 60.7 Å². The van der Waals surface area contributed by atoms with Crippen molar-refractivity contribution in [2.24, 2.45) is 5.92 Å². The molecule has 1 saturated carbocycles. The van der Waals surface area contributed by atoms with Gasteiger partial charge in [0.2, 0.25) is 0 Å². The standard InChI is InChI=1S/C23H30O3Si/c1-18(24)26-22-16-15-19(22)17-25-27(23(2,3)4,20-11-7-5-8-12-20)21-13-9-6-10-14-21/h5-14,19,22H,15-17H2,1-4H3/t19-,22-/m1/s1. The van der Waals surface area contributed by atoms with Crippen LogP contribution >= 0.6 is 0 Å². The van der Waals surface area contributed by atoms with Crippen LogP contribution in [0.4, 0.5) is 0 Å². The predicted molar refractivity (Wildman–Crippen MR) is 112 cm³/mol. The van der Waals surface area contributed by atoms with Gasteiger partial charge in [-0.3, -0.25) is 4.79 Å². The zero-order chi connectivity index (χ0) is 19.5. The molecular weight excluding hydrogens is 352 g/mol. The van der Waals surface area contributed by atoms with Gasteiger partial charge >= 0.3 is 5.97 Å². The highest BCUT2D eigenvalue weighted by Gasteiger charge is 2.51. The Kier molecular flexibility index (Phi) is 5.87. The molecule has 1 aliphatic rings. The Hall–Kier alpha value is -1.91. The summed E-state index contributed by atoms with van der Waals surface area (Å²) in [6.07, 6.45) is 1.99. The molecule has 3 nitrogen and oxygen atoms in total. The first kappa shape index (κ1) is 19.8. The molecule has 0 aromatic heterocycles. The van der Waals surface area contributed by atoms with E-state index >= 15 is 0 Å². The number of hydrogen-bond acceptors (Lipinski definition) is 3. The van der Waals surface area contributed by atoms with Crippen LogP contribution in [0.1, 0.15) is 40.5 Å². The van der Waals surface area contributed by atoms with Crippen molar-refractivity contribution in [2.45, 2.75) is 51.7 Å². The molecule has 1 aliphatic carbocycles. The second kappa shape index (κ2) is 7.99. The van der Waals surface area contributed by atoms with Crippen LogP contribution in [0.25, 0.3) is 0 Å². The molecule has 4 heteroatoms. The molecule has 0 bridgehead atoms. The average Bonchev–Trinajstić information content (AvgIpc) is 2.63. The fraction of sp³-hybridized carbons (Fsp3) is 0.435. The van der Waals surface area contributed by atoms with Gasteiger partial charge in [0.05, 0.1) is 0 Å². The first-order valence-corrected chi connectivity index (χ1v) is 11.7. The Morgan fingerprint density at radius 3 is 1.85 bits per heavy atom. The highest BCUT2D eigenvalue weighted by molar-refractivity contribution is 6.99. The number of carbonyl (C=O) groups excluding carboxylic acids is 1. The van der Waals surface area contributed by atoms with Crippen molar-refractivity contribution in [3.05, 3.63) is 60.7 Å². The van der Waals surface area contributed by atoms with E-state index in [1.165, 1.54) is 17.3 Å². The van der Waals surface area contributed by atoms with Crippen LogP contribution in [0.5, 0.6) is 0 Å². The molecule has 0 aliphatic heterocycles. The largest absolute Gasteiger partial charge is 0.462 e. The predicted octanol–water partition coefficient (Wildman–Crippen LogP) is 3.90. The van der Waals surface area contributed by atoms with Gasteiger partial charge in [-0.2, -0.15) is 0 Å². The van der Waals surface area contributed by atoms with Gasteiger partial charge in [-0.15, -0.1) is 0 Å². The first-order valence-electron chi connectivity index (χ1n) is 9.77. The summed E-state index contributed by atoms with van der Waals surface area (Å²) >= 11 is 0. The van der Waals surface area contributed by atoms with Crippen molar-refractivity contribution in [3.63, 3.8) is 0 Å². The van der Waals surface area contributed by atoms with Gasteiger partial charge in [0.25, 0.3) is 8.32 Å². The summed E-state index contributed by atoms with van der Waals surface area (Å²) in [6.45, 7) is 8.96. The van der Waals surface area contributed by atoms with Gasteiger partial charge in [0.15, 0.2) is 0 Å². The summed E-state index contributed by atoms with van der Waals surface area (Å²) in [5.41, 5.74) is 0. The molecule has 2 aromatic rings. The van der Waals surface area contributed by atoms with Crippen molar-refractivity contribution in [1.82, 2.24) is 0 Å². The van der Waals surface area contributed by atoms with Gasteiger partial charge in [-0.05, 0) is 28.3 Å². The van der Waals surface area contributed by atoms with Crippen molar-refractivity contribution in [3.8, 4) is 0 Å². The van der Waals surface area contributed by atoms with Crippen molar-refractivity contribution >= 4 is 24.7 Å². The summed E-state index contributed by atoms with van der Waals surface area (Å²) in [4.78, 5) is 11.3. The third-order valence-electron chi connectivity index (χ3n) is 5.60. The molecule has 0 N–H and O–H groups in total. The average molecular weight is 383 g/mol. The molecule has 2 atom stereocenters. The van der Waals surface area contributed by atoms with Crippen LogP contribution in [0.3, 0.4) is 0 Å². The lowest BCUT2D eigenvalue weighted by Crippen LogP contribution is -2.67. The van der Waals surface area contributed by atoms with E-state index in [1.807, 2.05) is 0 Å². The van der Waals surface area contributed by atoms with Crippen LogP contribution in [0, 0.1) is 5.92 Å². The molecule has 0 amide bonds. The molecule has 3 rings (SSSR count). The molecule has 27 heavy (non-hydrogen) atoms. The number of hydrogen-bond donors (Lipinski definition) is 0. The van der Waals surface area contributed by atoms with Gasteiger partial charge in [-0.25, -0.2) is 0 Å². The molecular formula is C23H30O3Si.